The van der Waals surface area contributed by atoms with Gasteiger partial charge < -0.3 is 4.74 Å². The van der Waals surface area contributed by atoms with E-state index in [0.29, 0.717) is 6.42 Å². The number of rotatable bonds is 4. The van der Waals surface area contributed by atoms with Gasteiger partial charge in [0.25, 0.3) is 0 Å². The molecule has 0 aromatic heterocycles. The van der Waals surface area contributed by atoms with Crippen molar-refractivity contribution in [3.05, 3.63) is 29.3 Å². The summed E-state index contributed by atoms with van der Waals surface area (Å²) in [4.78, 5) is 12.8. The van der Waals surface area contributed by atoms with Crippen LogP contribution in [-0.4, -0.2) is 17.3 Å². The average Bonchev–Trinajstić information content (AvgIpc) is 2.20. The molecule has 0 bridgehead atoms. The fourth-order valence-corrected chi connectivity index (χ4v) is 2.55. The quantitative estimate of drug-likeness (QED) is 0.605. The molecule has 0 spiro atoms. The standard InChI is InChI=1S/C15H22O2S/c1-11-6-7-12(2)13(10-11)18-9-8-14(16)17-15(3,4)5/h6-7,10H,8-9H2,1-5H3. The number of thioether (sulfide) groups is 1. The molecule has 0 N–H and O–H groups in total. The van der Waals surface area contributed by atoms with Crippen LogP contribution in [0.5, 0.6) is 0 Å². The monoisotopic (exact) mass is 266 g/mol. The minimum Gasteiger partial charge on any atom is -0.460 e. The topological polar surface area (TPSA) is 26.3 Å². The Hall–Kier alpha value is -0.960. The van der Waals surface area contributed by atoms with Gasteiger partial charge in [0.2, 0.25) is 0 Å². The van der Waals surface area contributed by atoms with Crippen LogP contribution < -0.4 is 0 Å². The van der Waals surface area contributed by atoms with Gasteiger partial charge in [0, 0.05) is 10.6 Å². The summed E-state index contributed by atoms with van der Waals surface area (Å²) in [5.74, 6) is 0.638. The lowest BCUT2D eigenvalue weighted by atomic mass is 10.2. The molecule has 0 saturated carbocycles. The first kappa shape index (κ1) is 15.1. The maximum Gasteiger partial charge on any atom is 0.307 e. The fraction of sp³-hybridized carbons (Fsp3) is 0.533. The van der Waals surface area contributed by atoms with Crippen LogP contribution in [0.3, 0.4) is 0 Å². The Morgan fingerprint density at radius 1 is 1.28 bits per heavy atom. The highest BCUT2D eigenvalue weighted by Crippen LogP contribution is 2.24. The molecule has 0 aliphatic rings. The van der Waals surface area contributed by atoms with E-state index in [1.165, 1.54) is 16.0 Å². The van der Waals surface area contributed by atoms with Gasteiger partial charge in [-0.2, -0.15) is 0 Å². The molecule has 0 fully saturated rings. The molecule has 100 valence electrons. The van der Waals surface area contributed by atoms with Crippen molar-refractivity contribution in [3.8, 4) is 0 Å². The van der Waals surface area contributed by atoms with Gasteiger partial charge in [-0.25, -0.2) is 0 Å². The van der Waals surface area contributed by atoms with Crippen molar-refractivity contribution in [1.82, 2.24) is 0 Å². The smallest absolute Gasteiger partial charge is 0.307 e. The van der Waals surface area contributed by atoms with Gasteiger partial charge >= 0.3 is 5.97 Å². The van der Waals surface area contributed by atoms with Gasteiger partial charge in [0.05, 0.1) is 6.42 Å². The molecule has 0 unspecified atom stereocenters. The van der Waals surface area contributed by atoms with E-state index < -0.39 is 0 Å². The van der Waals surface area contributed by atoms with Crippen LogP contribution in [-0.2, 0) is 9.53 Å². The van der Waals surface area contributed by atoms with E-state index in [2.05, 4.69) is 32.0 Å². The number of esters is 1. The largest absolute Gasteiger partial charge is 0.460 e. The Labute approximate surface area is 114 Å². The van der Waals surface area contributed by atoms with Gasteiger partial charge in [0.1, 0.15) is 5.60 Å². The Kier molecular flexibility index (Phi) is 5.27. The van der Waals surface area contributed by atoms with Crippen LogP contribution >= 0.6 is 11.8 Å². The van der Waals surface area contributed by atoms with Gasteiger partial charge in [-0.1, -0.05) is 17.7 Å². The van der Waals surface area contributed by atoms with Crippen LogP contribution in [0.4, 0.5) is 0 Å². The SMILES string of the molecule is Cc1ccc(C)c(SCCC(=O)OC(C)(C)C)c1. The fourth-order valence-electron chi connectivity index (χ4n) is 1.50. The van der Waals surface area contributed by atoms with Crippen LogP contribution in [0, 0.1) is 13.8 Å². The zero-order valence-electron chi connectivity index (χ0n) is 11.9. The predicted molar refractivity (Wildman–Crippen MR) is 77.1 cm³/mol. The Balaban J connectivity index is 2.42. The second kappa shape index (κ2) is 6.28. The minimum absolute atomic E-state index is 0.125. The molecule has 0 radical (unpaired) electrons. The predicted octanol–water partition coefficient (Wildman–Crippen LogP) is 4.13. The molecule has 1 aromatic carbocycles. The number of benzene rings is 1. The summed E-state index contributed by atoms with van der Waals surface area (Å²) in [5, 5.41) is 0. The molecule has 0 amide bonds. The summed E-state index contributed by atoms with van der Waals surface area (Å²) in [6.07, 6.45) is 0.454. The number of carbonyl (C=O) groups is 1. The van der Waals surface area contributed by atoms with Gasteiger partial charge in [-0.05, 0) is 46.2 Å². The van der Waals surface area contributed by atoms with E-state index in [0.717, 1.165) is 5.75 Å². The molecule has 1 rings (SSSR count). The molecular weight excluding hydrogens is 244 g/mol. The zero-order chi connectivity index (χ0) is 13.8. The van der Waals surface area contributed by atoms with Crippen molar-refractivity contribution >= 4 is 17.7 Å². The summed E-state index contributed by atoms with van der Waals surface area (Å²) in [5.41, 5.74) is 2.12. The molecule has 18 heavy (non-hydrogen) atoms. The molecule has 3 heteroatoms. The molecule has 0 atom stereocenters. The van der Waals surface area contributed by atoms with E-state index in [-0.39, 0.29) is 11.6 Å². The molecule has 2 nitrogen and oxygen atoms in total. The third-order valence-corrected chi connectivity index (χ3v) is 3.49. The number of hydrogen-bond acceptors (Lipinski definition) is 3. The highest BCUT2D eigenvalue weighted by molar-refractivity contribution is 7.99. The minimum atomic E-state index is -0.388. The van der Waals surface area contributed by atoms with Crippen molar-refractivity contribution < 1.29 is 9.53 Å². The summed E-state index contributed by atoms with van der Waals surface area (Å²) >= 11 is 1.71. The first-order chi connectivity index (χ1) is 8.28. The first-order valence-corrected chi connectivity index (χ1v) is 7.18. The third kappa shape index (κ3) is 5.58. The van der Waals surface area contributed by atoms with E-state index in [1.807, 2.05) is 20.8 Å². The van der Waals surface area contributed by atoms with E-state index in [1.54, 1.807) is 11.8 Å². The lowest BCUT2D eigenvalue weighted by Gasteiger charge is -2.19. The number of hydrogen-bond donors (Lipinski definition) is 0. The molecule has 1 aromatic rings. The van der Waals surface area contributed by atoms with Crippen molar-refractivity contribution in [2.24, 2.45) is 0 Å². The van der Waals surface area contributed by atoms with Crippen LogP contribution in [0.15, 0.2) is 23.1 Å². The number of ether oxygens (including phenoxy) is 1. The van der Waals surface area contributed by atoms with Crippen molar-refractivity contribution in [2.75, 3.05) is 5.75 Å². The normalized spacial score (nSPS) is 11.4. The maximum absolute atomic E-state index is 11.6. The van der Waals surface area contributed by atoms with Crippen LogP contribution in [0.25, 0.3) is 0 Å². The molecule has 0 saturated heterocycles. The van der Waals surface area contributed by atoms with E-state index in [4.69, 9.17) is 4.74 Å². The van der Waals surface area contributed by atoms with Crippen LogP contribution in [0.1, 0.15) is 38.3 Å². The van der Waals surface area contributed by atoms with Gasteiger partial charge in [-0.3, -0.25) is 4.79 Å². The summed E-state index contributed by atoms with van der Waals surface area (Å²) in [7, 11) is 0. The van der Waals surface area contributed by atoms with Crippen molar-refractivity contribution in [3.63, 3.8) is 0 Å². The number of carbonyl (C=O) groups excluding carboxylic acids is 1. The van der Waals surface area contributed by atoms with Gasteiger partial charge in [0.15, 0.2) is 0 Å². The second-order valence-corrected chi connectivity index (χ2v) is 6.59. The van der Waals surface area contributed by atoms with E-state index in [9.17, 15) is 4.79 Å². The molecule has 0 aliphatic heterocycles. The zero-order valence-corrected chi connectivity index (χ0v) is 12.7. The Morgan fingerprint density at radius 3 is 2.56 bits per heavy atom. The third-order valence-electron chi connectivity index (χ3n) is 2.33. The molecule has 0 heterocycles. The first-order valence-electron chi connectivity index (χ1n) is 6.20. The Morgan fingerprint density at radius 2 is 1.94 bits per heavy atom. The number of aryl methyl sites for hydroxylation is 2. The van der Waals surface area contributed by atoms with Crippen molar-refractivity contribution in [2.45, 2.75) is 51.5 Å². The van der Waals surface area contributed by atoms with Gasteiger partial charge in [-0.15, -0.1) is 11.8 Å². The molecule has 0 aliphatic carbocycles. The van der Waals surface area contributed by atoms with Crippen LogP contribution in [0.2, 0.25) is 0 Å². The Bertz CT molecular complexity index is 419. The molecular formula is C15H22O2S. The highest BCUT2D eigenvalue weighted by atomic mass is 32.2. The average molecular weight is 266 g/mol. The summed E-state index contributed by atoms with van der Waals surface area (Å²) in [6.45, 7) is 9.85. The summed E-state index contributed by atoms with van der Waals surface area (Å²) < 4.78 is 5.28. The van der Waals surface area contributed by atoms with E-state index >= 15 is 0 Å². The maximum atomic E-state index is 11.6. The highest BCUT2D eigenvalue weighted by Gasteiger charge is 2.15. The summed E-state index contributed by atoms with van der Waals surface area (Å²) in [6, 6.07) is 6.38. The lowest BCUT2D eigenvalue weighted by Crippen LogP contribution is -2.24. The second-order valence-electron chi connectivity index (χ2n) is 5.45. The lowest BCUT2D eigenvalue weighted by molar-refractivity contribution is -0.154. The van der Waals surface area contributed by atoms with Crippen molar-refractivity contribution in [1.29, 1.82) is 0 Å².